The Labute approximate surface area is 168 Å². The van der Waals surface area contributed by atoms with Gasteiger partial charge in [-0.3, -0.25) is 9.69 Å². The number of carbonyl (C=O) groups is 1. The van der Waals surface area contributed by atoms with Gasteiger partial charge in [0.05, 0.1) is 6.54 Å². The summed E-state index contributed by atoms with van der Waals surface area (Å²) in [5.74, 6) is 0.139. The average molecular weight is 378 g/mol. The summed E-state index contributed by atoms with van der Waals surface area (Å²) >= 11 is 0. The molecule has 0 bridgehead atoms. The third-order valence-electron chi connectivity index (χ3n) is 6.25. The van der Waals surface area contributed by atoms with Crippen molar-refractivity contribution in [3.8, 4) is 0 Å². The molecule has 2 aromatic carbocycles. The van der Waals surface area contributed by atoms with E-state index in [1.807, 2.05) is 29.2 Å². The van der Waals surface area contributed by atoms with E-state index in [4.69, 9.17) is 0 Å². The minimum atomic E-state index is 0.139. The van der Waals surface area contributed by atoms with Crippen molar-refractivity contribution in [2.75, 3.05) is 30.4 Å². The van der Waals surface area contributed by atoms with Crippen molar-refractivity contribution >= 4 is 17.3 Å². The van der Waals surface area contributed by atoms with Gasteiger partial charge in [-0.25, -0.2) is 0 Å². The lowest BCUT2D eigenvalue weighted by molar-refractivity contribution is -0.116. The Bertz CT molecular complexity index is 813. The fourth-order valence-electron chi connectivity index (χ4n) is 4.61. The Kier molecular flexibility index (Phi) is 5.96. The van der Waals surface area contributed by atoms with Crippen molar-refractivity contribution in [2.24, 2.45) is 0 Å². The molecule has 1 fully saturated rings. The van der Waals surface area contributed by atoms with Crippen molar-refractivity contribution < 1.29 is 4.79 Å². The molecule has 2 aromatic rings. The standard InChI is InChI=1S/C24H31N3O/c1-26(21-11-3-2-4-12-21)18-20-10-5-7-13-22(20)25-17-24(28)27-16-15-19-9-6-8-14-23(19)27/h5-10,13-14,21,25H,2-4,11-12,15-18H2,1H3. The van der Waals surface area contributed by atoms with E-state index < -0.39 is 0 Å². The van der Waals surface area contributed by atoms with Crippen LogP contribution in [-0.4, -0.2) is 37.0 Å². The molecule has 28 heavy (non-hydrogen) atoms. The highest BCUT2D eigenvalue weighted by molar-refractivity contribution is 5.98. The van der Waals surface area contributed by atoms with Crippen LogP contribution in [0.25, 0.3) is 0 Å². The summed E-state index contributed by atoms with van der Waals surface area (Å²) in [6.07, 6.45) is 7.63. The zero-order valence-electron chi connectivity index (χ0n) is 16.9. The molecule has 4 nitrogen and oxygen atoms in total. The van der Waals surface area contributed by atoms with Crippen LogP contribution in [0.3, 0.4) is 0 Å². The van der Waals surface area contributed by atoms with Crippen LogP contribution in [0.1, 0.15) is 43.2 Å². The second kappa shape index (κ2) is 8.78. The van der Waals surface area contributed by atoms with Gasteiger partial charge in [-0.15, -0.1) is 0 Å². The van der Waals surface area contributed by atoms with Crippen LogP contribution in [0.5, 0.6) is 0 Å². The number of anilines is 2. The highest BCUT2D eigenvalue weighted by Gasteiger charge is 2.24. The maximum Gasteiger partial charge on any atom is 0.246 e. The van der Waals surface area contributed by atoms with Gasteiger partial charge in [0.15, 0.2) is 0 Å². The summed E-state index contributed by atoms with van der Waals surface area (Å²) in [5.41, 5.74) is 4.68. The Morgan fingerprint density at radius 1 is 1.07 bits per heavy atom. The minimum absolute atomic E-state index is 0.139. The third-order valence-corrected chi connectivity index (χ3v) is 6.25. The van der Waals surface area contributed by atoms with Gasteiger partial charge in [0.2, 0.25) is 5.91 Å². The Hall–Kier alpha value is -2.33. The van der Waals surface area contributed by atoms with E-state index >= 15 is 0 Å². The smallest absolute Gasteiger partial charge is 0.246 e. The van der Waals surface area contributed by atoms with Gasteiger partial charge in [0.1, 0.15) is 0 Å². The molecule has 1 saturated carbocycles. The zero-order valence-corrected chi connectivity index (χ0v) is 16.9. The molecule has 1 N–H and O–H groups in total. The molecule has 1 aliphatic carbocycles. The van der Waals surface area contributed by atoms with Crippen LogP contribution in [-0.2, 0) is 17.8 Å². The van der Waals surface area contributed by atoms with Gasteiger partial charge in [-0.1, -0.05) is 55.7 Å². The monoisotopic (exact) mass is 377 g/mol. The van der Waals surface area contributed by atoms with Gasteiger partial charge in [0.25, 0.3) is 0 Å². The summed E-state index contributed by atoms with van der Waals surface area (Å²) in [5, 5.41) is 3.41. The van der Waals surface area contributed by atoms with Gasteiger partial charge in [0, 0.05) is 30.5 Å². The highest BCUT2D eigenvalue weighted by atomic mass is 16.2. The SMILES string of the molecule is CN(Cc1ccccc1NCC(=O)N1CCc2ccccc21)C1CCCCC1. The molecular weight excluding hydrogens is 346 g/mol. The van der Waals surface area contributed by atoms with E-state index in [0.29, 0.717) is 12.6 Å². The molecule has 2 aliphatic rings. The summed E-state index contributed by atoms with van der Waals surface area (Å²) in [6.45, 7) is 2.04. The fraction of sp³-hybridized carbons (Fsp3) is 0.458. The highest BCUT2D eigenvalue weighted by Crippen LogP contribution is 2.28. The number of nitrogens with zero attached hydrogens (tertiary/aromatic N) is 2. The molecule has 0 aromatic heterocycles. The van der Waals surface area contributed by atoms with E-state index in [-0.39, 0.29) is 5.91 Å². The van der Waals surface area contributed by atoms with Crippen LogP contribution in [0.15, 0.2) is 48.5 Å². The number of para-hydroxylation sites is 2. The summed E-state index contributed by atoms with van der Waals surface area (Å²) in [4.78, 5) is 17.2. The normalized spacial score (nSPS) is 17.0. The van der Waals surface area contributed by atoms with Crippen LogP contribution >= 0.6 is 0 Å². The van der Waals surface area contributed by atoms with Crippen LogP contribution in [0, 0.1) is 0 Å². The maximum absolute atomic E-state index is 12.8. The first-order valence-electron chi connectivity index (χ1n) is 10.6. The zero-order chi connectivity index (χ0) is 19.3. The predicted octanol–water partition coefficient (Wildman–Crippen LogP) is 4.45. The molecule has 4 heteroatoms. The minimum Gasteiger partial charge on any atom is -0.376 e. The Morgan fingerprint density at radius 3 is 2.68 bits per heavy atom. The average Bonchev–Trinajstić information content (AvgIpc) is 3.18. The topological polar surface area (TPSA) is 35.6 Å². The second-order valence-electron chi connectivity index (χ2n) is 8.14. The van der Waals surface area contributed by atoms with Crippen molar-refractivity contribution in [3.05, 3.63) is 59.7 Å². The van der Waals surface area contributed by atoms with E-state index in [0.717, 1.165) is 30.9 Å². The molecule has 148 valence electrons. The lowest BCUT2D eigenvalue weighted by Crippen LogP contribution is -2.35. The van der Waals surface area contributed by atoms with E-state index in [1.165, 1.54) is 43.2 Å². The largest absolute Gasteiger partial charge is 0.376 e. The maximum atomic E-state index is 12.8. The predicted molar refractivity (Wildman–Crippen MR) is 116 cm³/mol. The summed E-state index contributed by atoms with van der Waals surface area (Å²) in [6, 6.07) is 17.3. The number of nitrogens with one attached hydrogen (secondary N) is 1. The number of benzene rings is 2. The molecule has 0 radical (unpaired) electrons. The number of carbonyl (C=O) groups excluding carboxylic acids is 1. The number of hydrogen-bond donors (Lipinski definition) is 1. The van der Waals surface area contributed by atoms with Crippen molar-refractivity contribution in [1.82, 2.24) is 4.90 Å². The van der Waals surface area contributed by atoms with E-state index in [9.17, 15) is 4.79 Å². The van der Waals surface area contributed by atoms with Gasteiger partial charge in [-0.2, -0.15) is 0 Å². The molecular formula is C24H31N3O. The van der Waals surface area contributed by atoms with Crippen molar-refractivity contribution in [3.63, 3.8) is 0 Å². The molecule has 0 atom stereocenters. The number of amides is 1. The van der Waals surface area contributed by atoms with Gasteiger partial charge in [-0.05, 0) is 49.6 Å². The molecule has 1 heterocycles. The third kappa shape index (κ3) is 4.22. The van der Waals surface area contributed by atoms with E-state index in [1.54, 1.807) is 0 Å². The Balaban J connectivity index is 1.38. The van der Waals surface area contributed by atoms with Crippen LogP contribution < -0.4 is 10.2 Å². The first-order chi connectivity index (χ1) is 13.7. The first-order valence-corrected chi connectivity index (χ1v) is 10.6. The van der Waals surface area contributed by atoms with Crippen molar-refractivity contribution in [1.29, 1.82) is 0 Å². The first kappa shape index (κ1) is 19.0. The lowest BCUT2D eigenvalue weighted by Gasteiger charge is -2.31. The lowest BCUT2D eigenvalue weighted by atomic mass is 9.94. The van der Waals surface area contributed by atoms with Gasteiger partial charge < -0.3 is 10.2 Å². The number of rotatable bonds is 6. The molecule has 1 aliphatic heterocycles. The number of fused-ring (bicyclic) bond motifs is 1. The summed E-state index contributed by atoms with van der Waals surface area (Å²) < 4.78 is 0. The quantitative estimate of drug-likeness (QED) is 0.808. The molecule has 0 spiro atoms. The van der Waals surface area contributed by atoms with Gasteiger partial charge >= 0.3 is 0 Å². The molecule has 0 saturated heterocycles. The number of hydrogen-bond acceptors (Lipinski definition) is 3. The summed E-state index contributed by atoms with van der Waals surface area (Å²) in [7, 11) is 2.24. The molecule has 0 unspecified atom stereocenters. The van der Waals surface area contributed by atoms with Crippen molar-refractivity contribution in [2.45, 2.75) is 51.1 Å². The van der Waals surface area contributed by atoms with E-state index in [2.05, 4.69) is 41.5 Å². The Morgan fingerprint density at radius 2 is 1.82 bits per heavy atom. The fourth-order valence-corrected chi connectivity index (χ4v) is 4.61. The second-order valence-corrected chi connectivity index (χ2v) is 8.14. The van der Waals surface area contributed by atoms with Crippen LogP contribution in [0.2, 0.25) is 0 Å². The van der Waals surface area contributed by atoms with Crippen LogP contribution in [0.4, 0.5) is 11.4 Å². The molecule has 4 rings (SSSR count). The molecule has 1 amide bonds.